The molecule has 0 unspecified atom stereocenters. The van der Waals surface area contributed by atoms with E-state index in [1.807, 2.05) is 36.5 Å². The molecule has 1 N–H and O–H groups in total. The van der Waals surface area contributed by atoms with E-state index in [4.69, 9.17) is 21.4 Å². The van der Waals surface area contributed by atoms with Crippen LogP contribution in [0, 0.1) is 6.92 Å². The van der Waals surface area contributed by atoms with Crippen molar-refractivity contribution in [1.82, 2.24) is 9.55 Å². The van der Waals surface area contributed by atoms with Gasteiger partial charge in [-0.25, -0.2) is 0 Å². The fourth-order valence-electron chi connectivity index (χ4n) is 2.72. The van der Waals surface area contributed by atoms with Gasteiger partial charge < -0.3 is 14.4 Å². The van der Waals surface area contributed by atoms with Crippen molar-refractivity contribution in [3.05, 3.63) is 53.3 Å². The molecular weight excluding hydrogens is 300 g/mol. The molecule has 4 nitrogen and oxygen atoms in total. The van der Waals surface area contributed by atoms with Crippen LogP contribution in [0.2, 0.25) is 5.02 Å². The molecule has 0 saturated heterocycles. The monoisotopic (exact) mass is 316 g/mol. The quantitative estimate of drug-likeness (QED) is 0.731. The average molecular weight is 317 g/mol. The molecule has 3 rings (SSSR count). The van der Waals surface area contributed by atoms with E-state index in [0.29, 0.717) is 18.4 Å². The molecule has 0 spiro atoms. The second kappa shape index (κ2) is 6.48. The number of rotatable bonds is 5. The fraction of sp³-hybridized carbons (Fsp3) is 0.235. The third kappa shape index (κ3) is 2.73. The zero-order valence-electron chi connectivity index (χ0n) is 12.3. The summed E-state index contributed by atoms with van der Waals surface area (Å²) < 4.78 is 7.63. The maximum absolute atomic E-state index is 8.92. The molecule has 0 aliphatic carbocycles. The Bertz CT molecular complexity index is 784. The van der Waals surface area contributed by atoms with Crippen molar-refractivity contribution >= 4 is 22.5 Å². The number of aliphatic hydroxyl groups excluding tert-OH is 1. The minimum atomic E-state index is 0.00619. The minimum Gasteiger partial charge on any atom is -0.394 e. The number of aryl methyl sites for hydroxylation is 1. The van der Waals surface area contributed by atoms with Gasteiger partial charge in [0.2, 0.25) is 0 Å². The van der Waals surface area contributed by atoms with Crippen molar-refractivity contribution in [2.24, 2.45) is 0 Å². The van der Waals surface area contributed by atoms with Crippen molar-refractivity contribution < 1.29 is 9.84 Å². The lowest BCUT2D eigenvalue weighted by Gasteiger charge is -2.11. The van der Waals surface area contributed by atoms with Crippen molar-refractivity contribution in [3.63, 3.8) is 0 Å². The van der Waals surface area contributed by atoms with Crippen LogP contribution in [0.4, 0.5) is 0 Å². The van der Waals surface area contributed by atoms with Crippen LogP contribution in [0.3, 0.4) is 0 Å². The first kappa shape index (κ1) is 15.0. The largest absolute Gasteiger partial charge is 0.394 e. The molecule has 3 aromatic rings. The lowest BCUT2D eigenvalue weighted by atomic mass is 10.1. The van der Waals surface area contributed by atoms with Crippen LogP contribution in [-0.2, 0) is 11.5 Å². The number of pyridine rings is 1. The van der Waals surface area contributed by atoms with Crippen molar-refractivity contribution in [2.75, 3.05) is 13.2 Å². The lowest BCUT2D eigenvalue weighted by Crippen LogP contribution is -2.07. The molecule has 114 valence electrons. The molecular formula is C17H17ClN2O2. The van der Waals surface area contributed by atoms with Crippen LogP contribution in [-0.4, -0.2) is 27.9 Å². The maximum atomic E-state index is 8.92. The molecule has 0 radical (unpaired) electrons. The first-order chi connectivity index (χ1) is 10.7. The molecule has 0 bridgehead atoms. The number of aromatic nitrogens is 2. The summed E-state index contributed by atoms with van der Waals surface area (Å²) in [5.41, 5.74) is 4.28. The summed E-state index contributed by atoms with van der Waals surface area (Å²) in [5, 5.41) is 10.7. The molecule has 0 fully saturated rings. The summed E-state index contributed by atoms with van der Waals surface area (Å²) in [5.74, 6) is 0. The predicted octanol–water partition coefficient (Wildman–Crippen LogP) is 3.63. The zero-order chi connectivity index (χ0) is 15.5. The van der Waals surface area contributed by atoms with Gasteiger partial charge in [0.15, 0.2) is 0 Å². The first-order valence-electron chi connectivity index (χ1n) is 7.09. The van der Waals surface area contributed by atoms with Gasteiger partial charge >= 0.3 is 0 Å². The average Bonchev–Trinajstić information content (AvgIpc) is 2.81. The standard InChI is InChI=1S/C17H17ClN2O2/c1-12-15-9-14(18)4-5-16(15)20(11-22-8-7-21)17(12)13-3-2-6-19-10-13/h2-6,9-10,21H,7-8,11H2,1H3. The molecule has 0 aliphatic heterocycles. The van der Waals surface area contributed by atoms with Gasteiger partial charge in [0.1, 0.15) is 6.73 Å². The third-order valence-corrected chi connectivity index (χ3v) is 3.90. The smallest absolute Gasteiger partial charge is 0.123 e. The Morgan fingerprint density at radius 3 is 2.91 bits per heavy atom. The Kier molecular flexibility index (Phi) is 4.43. The van der Waals surface area contributed by atoms with Gasteiger partial charge in [-0.3, -0.25) is 4.98 Å². The number of halogens is 1. The molecule has 5 heteroatoms. The molecule has 0 amide bonds. The molecule has 2 heterocycles. The van der Waals surface area contributed by atoms with E-state index in [1.54, 1.807) is 6.20 Å². The number of fused-ring (bicyclic) bond motifs is 1. The van der Waals surface area contributed by atoms with Crippen molar-refractivity contribution in [3.8, 4) is 11.3 Å². The summed E-state index contributed by atoms with van der Waals surface area (Å²) >= 11 is 6.14. The number of benzene rings is 1. The van der Waals surface area contributed by atoms with Gasteiger partial charge in [-0.2, -0.15) is 0 Å². The number of nitrogens with zero attached hydrogens (tertiary/aromatic N) is 2. The molecule has 0 saturated carbocycles. The maximum Gasteiger partial charge on any atom is 0.123 e. The van der Waals surface area contributed by atoms with E-state index >= 15 is 0 Å². The summed E-state index contributed by atoms with van der Waals surface area (Å²) in [7, 11) is 0. The Morgan fingerprint density at radius 2 is 2.18 bits per heavy atom. The third-order valence-electron chi connectivity index (χ3n) is 3.67. The Labute approximate surface area is 133 Å². The van der Waals surface area contributed by atoms with Gasteiger partial charge in [-0.05, 0) is 42.8 Å². The molecule has 0 atom stereocenters. The molecule has 0 aliphatic rings. The van der Waals surface area contributed by atoms with E-state index < -0.39 is 0 Å². The number of aliphatic hydroxyl groups is 1. The van der Waals surface area contributed by atoms with Gasteiger partial charge in [0.05, 0.1) is 24.4 Å². The predicted molar refractivity (Wildman–Crippen MR) is 88.0 cm³/mol. The first-order valence-corrected chi connectivity index (χ1v) is 7.47. The van der Waals surface area contributed by atoms with E-state index in [2.05, 4.69) is 16.5 Å². The number of hydrogen-bond acceptors (Lipinski definition) is 3. The highest BCUT2D eigenvalue weighted by molar-refractivity contribution is 6.31. The highest BCUT2D eigenvalue weighted by Gasteiger charge is 2.16. The minimum absolute atomic E-state index is 0.00619. The van der Waals surface area contributed by atoms with E-state index in [-0.39, 0.29) is 6.61 Å². The normalized spacial score (nSPS) is 11.2. The van der Waals surface area contributed by atoms with E-state index in [9.17, 15) is 0 Å². The SMILES string of the molecule is Cc1c(-c2cccnc2)n(COCCO)c2ccc(Cl)cc12. The van der Waals surface area contributed by atoms with Crippen LogP contribution in [0.5, 0.6) is 0 Å². The Hall–Kier alpha value is -1.88. The molecule has 2 aromatic heterocycles. The Morgan fingerprint density at radius 1 is 1.32 bits per heavy atom. The summed E-state index contributed by atoms with van der Waals surface area (Å²) in [4.78, 5) is 4.21. The van der Waals surface area contributed by atoms with Gasteiger partial charge in [0.25, 0.3) is 0 Å². The lowest BCUT2D eigenvalue weighted by molar-refractivity contribution is 0.0511. The Balaban J connectivity index is 2.19. The van der Waals surface area contributed by atoms with Crippen LogP contribution in [0.25, 0.3) is 22.2 Å². The topological polar surface area (TPSA) is 47.3 Å². The van der Waals surface area contributed by atoms with Gasteiger partial charge in [-0.15, -0.1) is 0 Å². The number of hydrogen-bond donors (Lipinski definition) is 1. The van der Waals surface area contributed by atoms with Crippen LogP contribution in [0.15, 0.2) is 42.7 Å². The molecule has 22 heavy (non-hydrogen) atoms. The van der Waals surface area contributed by atoms with Crippen LogP contribution >= 0.6 is 11.6 Å². The summed E-state index contributed by atoms with van der Waals surface area (Å²) in [6.07, 6.45) is 3.59. The number of ether oxygens (including phenoxy) is 1. The fourth-order valence-corrected chi connectivity index (χ4v) is 2.90. The second-order valence-electron chi connectivity index (χ2n) is 5.07. The van der Waals surface area contributed by atoms with Gasteiger partial charge in [0, 0.05) is 28.4 Å². The van der Waals surface area contributed by atoms with Crippen molar-refractivity contribution in [2.45, 2.75) is 13.7 Å². The van der Waals surface area contributed by atoms with E-state index in [1.165, 1.54) is 0 Å². The molecule has 1 aromatic carbocycles. The summed E-state index contributed by atoms with van der Waals surface area (Å²) in [6, 6.07) is 9.77. The zero-order valence-corrected chi connectivity index (χ0v) is 13.0. The highest BCUT2D eigenvalue weighted by atomic mass is 35.5. The highest BCUT2D eigenvalue weighted by Crippen LogP contribution is 2.34. The van der Waals surface area contributed by atoms with Crippen LogP contribution < -0.4 is 0 Å². The van der Waals surface area contributed by atoms with Gasteiger partial charge in [-0.1, -0.05) is 11.6 Å². The second-order valence-corrected chi connectivity index (χ2v) is 5.50. The van der Waals surface area contributed by atoms with E-state index in [0.717, 1.165) is 27.7 Å². The summed E-state index contributed by atoms with van der Waals surface area (Å²) in [6.45, 7) is 2.76. The van der Waals surface area contributed by atoms with Crippen LogP contribution in [0.1, 0.15) is 5.56 Å². The van der Waals surface area contributed by atoms with Crippen molar-refractivity contribution in [1.29, 1.82) is 0 Å².